The molecule has 0 radical (unpaired) electrons. The van der Waals surface area contributed by atoms with Gasteiger partial charge < -0.3 is 15.0 Å². The zero-order valence-electron chi connectivity index (χ0n) is 12.4. The molecule has 3 rings (SSSR count). The van der Waals surface area contributed by atoms with Gasteiger partial charge in [-0.2, -0.15) is 0 Å². The minimum Gasteiger partial charge on any atom is -0.487 e. The maximum absolute atomic E-state index is 5.90. The minimum atomic E-state index is 0.512. The van der Waals surface area contributed by atoms with Gasteiger partial charge in [0.2, 0.25) is 0 Å². The highest BCUT2D eigenvalue weighted by Gasteiger charge is 2.11. The number of pyridine rings is 1. The summed E-state index contributed by atoms with van der Waals surface area (Å²) in [6, 6.07) is 12.3. The molecule has 0 bridgehead atoms. The third-order valence-corrected chi connectivity index (χ3v) is 3.79. The maximum Gasteiger partial charge on any atom is 0.130 e. The summed E-state index contributed by atoms with van der Waals surface area (Å²) in [6.07, 6.45) is 1.81. The fourth-order valence-electron chi connectivity index (χ4n) is 2.51. The highest BCUT2D eigenvalue weighted by atomic mass is 16.5. The summed E-state index contributed by atoms with van der Waals surface area (Å²) in [6.45, 7) is 6.74. The number of hydrogen-bond donors (Lipinski definition) is 1. The topological polar surface area (TPSA) is 37.4 Å². The molecule has 0 amide bonds. The molecular weight excluding hydrogens is 262 g/mol. The van der Waals surface area contributed by atoms with Crippen molar-refractivity contribution < 1.29 is 4.74 Å². The summed E-state index contributed by atoms with van der Waals surface area (Å²) in [7, 11) is 0. The van der Waals surface area contributed by atoms with Gasteiger partial charge in [-0.25, -0.2) is 0 Å². The van der Waals surface area contributed by atoms with Crippen LogP contribution in [0.1, 0.15) is 11.3 Å². The van der Waals surface area contributed by atoms with E-state index in [4.69, 9.17) is 4.74 Å². The van der Waals surface area contributed by atoms with Crippen LogP contribution in [0.2, 0.25) is 0 Å². The molecule has 1 N–H and O–H groups in total. The molecule has 1 aromatic heterocycles. The first-order valence-electron chi connectivity index (χ1n) is 7.42. The second-order valence-corrected chi connectivity index (χ2v) is 5.29. The number of ether oxygens (including phenoxy) is 1. The van der Waals surface area contributed by atoms with Crippen LogP contribution in [0.25, 0.3) is 0 Å². The zero-order chi connectivity index (χ0) is 14.5. The summed E-state index contributed by atoms with van der Waals surface area (Å²) in [5, 5.41) is 3.37. The average molecular weight is 283 g/mol. The molecule has 0 aliphatic carbocycles. The van der Waals surface area contributed by atoms with Crippen LogP contribution >= 0.6 is 0 Å². The lowest BCUT2D eigenvalue weighted by Crippen LogP contribution is -2.43. The molecule has 0 saturated carbocycles. The number of aryl methyl sites for hydroxylation is 1. The molecule has 2 heterocycles. The fraction of sp³-hybridized carbons (Fsp3) is 0.353. The van der Waals surface area contributed by atoms with Crippen LogP contribution in [0.4, 0.5) is 5.69 Å². The normalized spacial score (nSPS) is 15.0. The van der Waals surface area contributed by atoms with Crippen molar-refractivity contribution in [3.63, 3.8) is 0 Å². The van der Waals surface area contributed by atoms with Crippen molar-refractivity contribution in [1.82, 2.24) is 10.3 Å². The van der Waals surface area contributed by atoms with E-state index >= 15 is 0 Å². The highest BCUT2D eigenvalue weighted by Crippen LogP contribution is 2.22. The van der Waals surface area contributed by atoms with Gasteiger partial charge in [0.05, 0.1) is 5.69 Å². The molecular formula is C17H21N3O. The van der Waals surface area contributed by atoms with Crippen molar-refractivity contribution in [3.8, 4) is 5.75 Å². The van der Waals surface area contributed by atoms with Gasteiger partial charge in [-0.15, -0.1) is 0 Å². The monoisotopic (exact) mass is 283 g/mol. The molecule has 1 aromatic carbocycles. The van der Waals surface area contributed by atoms with Gasteiger partial charge in [0.1, 0.15) is 12.4 Å². The molecule has 110 valence electrons. The Morgan fingerprint density at radius 1 is 1.19 bits per heavy atom. The molecule has 0 unspecified atom stereocenters. The van der Waals surface area contributed by atoms with Crippen LogP contribution in [0.3, 0.4) is 0 Å². The standard InChI is InChI=1S/C17H21N3O/c1-14-4-3-7-19-17(14)13-21-16-6-2-5-15(12-16)20-10-8-18-9-11-20/h2-7,12,18H,8-11,13H2,1H3. The van der Waals surface area contributed by atoms with E-state index in [2.05, 4.69) is 46.4 Å². The number of benzene rings is 1. The molecule has 4 heteroatoms. The highest BCUT2D eigenvalue weighted by molar-refractivity contribution is 5.51. The Bertz CT molecular complexity index is 594. The van der Waals surface area contributed by atoms with E-state index in [-0.39, 0.29) is 0 Å². The van der Waals surface area contributed by atoms with E-state index in [1.807, 2.05) is 18.3 Å². The summed E-state index contributed by atoms with van der Waals surface area (Å²) in [4.78, 5) is 6.75. The van der Waals surface area contributed by atoms with Crippen LogP contribution < -0.4 is 15.0 Å². The summed E-state index contributed by atoms with van der Waals surface area (Å²) in [5.74, 6) is 0.899. The zero-order valence-corrected chi connectivity index (χ0v) is 12.4. The van der Waals surface area contributed by atoms with Gasteiger partial charge in [-0.05, 0) is 30.7 Å². The predicted octanol–water partition coefficient (Wildman–Crippen LogP) is 2.38. The van der Waals surface area contributed by atoms with Crippen LogP contribution in [-0.2, 0) is 6.61 Å². The van der Waals surface area contributed by atoms with Crippen molar-refractivity contribution >= 4 is 5.69 Å². The summed E-state index contributed by atoms with van der Waals surface area (Å²) < 4.78 is 5.90. The molecule has 21 heavy (non-hydrogen) atoms. The first-order valence-corrected chi connectivity index (χ1v) is 7.42. The van der Waals surface area contributed by atoms with Crippen LogP contribution in [0, 0.1) is 6.92 Å². The molecule has 1 saturated heterocycles. The summed E-state index contributed by atoms with van der Waals surface area (Å²) >= 11 is 0. The predicted molar refractivity (Wildman–Crippen MR) is 84.8 cm³/mol. The Labute approximate surface area is 125 Å². The SMILES string of the molecule is Cc1cccnc1COc1cccc(N2CCNCC2)c1. The summed E-state index contributed by atoms with van der Waals surface area (Å²) in [5.41, 5.74) is 3.38. The molecule has 1 aliphatic heterocycles. The largest absolute Gasteiger partial charge is 0.487 e. The smallest absolute Gasteiger partial charge is 0.130 e. The fourth-order valence-corrected chi connectivity index (χ4v) is 2.51. The van der Waals surface area contributed by atoms with Crippen LogP contribution in [-0.4, -0.2) is 31.2 Å². The van der Waals surface area contributed by atoms with Gasteiger partial charge in [0.25, 0.3) is 0 Å². The van der Waals surface area contributed by atoms with E-state index in [9.17, 15) is 0 Å². The Hall–Kier alpha value is -2.07. The van der Waals surface area contributed by atoms with Crippen LogP contribution in [0.15, 0.2) is 42.6 Å². The second kappa shape index (κ2) is 6.59. The van der Waals surface area contributed by atoms with Gasteiger partial charge in [-0.3, -0.25) is 4.98 Å². The lowest BCUT2D eigenvalue weighted by Gasteiger charge is -2.29. The maximum atomic E-state index is 5.90. The molecule has 0 spiro atoms. The number of anilines is 1. The third kappa shape index (κ3) is 3.52. The lowest BCUT2D eigenvalue weighted by atomic mass is 10.2. The van der Waals surface area contributed by atoms with Crippen molar-refractivity contribution in [2.45, 2.75) is 13.5 Å². The van der Waals surface area contributed by atoms with Crippen LogP contribution in [0.5, 0.6) is 5.75 Å². The van der Waals surface area contributed by atoms with Crippen molar-refractivity contribution in [2.24, 2.45) is 0 Å². The molecule has 1 aliphatic rings. The number of rotatable bonds is 4. The quantitative estimate of drug-likeness (QED) is 0.935. The van der Waals surface area contributed by atoms with Crippen molar-refractivity contribution in [1.29, 1.82) is 0 Å². The minimum absolute atomic E-state index is 0.512. The third-order valence-electron chi connectivity index (χ3n) is 3.79. The van der Waals surface area contributed by atoms with E-state index in [1.165, 1.54) is 5.69 Å². The number of nitrogens with zero attached hydrogens (tertiary/aromatic N) is 2. The molecule has 2 aromatic rings. The van der Waals surface area contributed by atoms with E-state index in [0.717, 1.165) is 43.2 Å². The van der Waals surface area contributed by atoms with Crippen molar-refractivity contribution in [2.75, 3.05) is 31.1 Å². The van der Waals surface area contributed by atoms with Gasteiger partial charge in [-0.1, -0.05) is 12.1 Å². The second-order valence-electron chi connectivity index (χ2n) is 5.29. The number of hydrogen-bond acceptors (Lipinski definition) is 4. The van der Waals surface area contributed by atoms with E-state index in [1.54, 1.807) is 0 Å². The Balaban J connectivity index is 1.67. The van der Waals surface area contributed by atoms with Crippen molar-refractivity contribution in [3.05, 3.63) is 53.9 Å². The van der Waals surface area contributed by atoms with E-state index in [0.29, 0.717) is 6.61 Å². The number of nitrogens with one attached hydrogen (secondary N) is 1. The van der Waals surface area contributed by atoms with E-state index < -0.39 is 0 Å². The first kappa shape index (κ1) is 13.9. The van der Waals surface area contributed by atoms with Gasteiger partial charge in [0, 0.05) is 44.1 Å². The number of aromatic nitrogens is 1. The first-order chi connectivity index (χ1) is 10.3. The Morgan fingerprint density at radius 2 is 2.05 bits per heavy atom. The number of piperazine rings is 1. The molecule has 0 atom stereocenters. The Morgan fingerprint density at radius 3 is 2.86 bits per heavy atom. The lowest BCUT2D eigenvalue weighted by molar-refractivity contribution is 0.300. The van der Waals surface area contributed by atoms with Gasteiger partial charge >= 0.3 is 0 Å². The molecule has 4 nitrogen and oxygen atoms in total. The van der Waals surface area contributed by atoms with Gasteiger partial charge in [0.15, 0.2) is 0 Å². The Kier molecular flexibility index (Phi) is 4.36. The average Bonchev–Trinajstić information content (AvgIpc) is 2.55. The molecule has 1 fully saturated rings.